The molecule has 1 aliphatic heterocycles. The average Bonchev–Trinajstić information content (AvgIpc) is 3.36. The summed E-state index contributed by atoms with van der Waals surface area (Å²) in [6.07, 6.45) is 2.14. The number of hydrogen-bond acceptors (Lipinski definition) is 3. The summed E-state index contributed by atoms with van der Waals surface area (Å²) in [5.41, 5.74) is -0.605. The molecule has 1 spiro atoms. The van der Waals surface area contributed by atoms with Gasteiger partial charge in [0.05, 0.1) is 17.6 Å². The van der Waals surface area contributed by atoms with Crippen LogP contribution in [0.1, 0.15) is 37.7 Å². The van der Waals surface area contributed by atoms with E-state index >= 15 is 0 Å². The summed E-state index contributed by atoms with van der Waals surface area (Å²) in [7, 11) is 0. The Kier molecular flexibility index (Phi) is 3.29. The van der Waals surface area contributed by atoms with Crippen LogP contribution in [0.3, 0.4) is 0 Å². The van der Waals surface area contributed by atoms with E-state index in [2.05, 4.69) is 0 Å². The van der Waals surface area contributed by atoms with E-state index in [0.29, 0.717) is 50.8 Å². The maximum absolute atomic E-state index is 14.1. The van der Waals surface area contributed by atoms with Crippen LogP contribution in [-0.4, -0.2) is 46.3 Å². The van der Waals surface area contributed by atoms with E-state index in [1.54, 1.807) is 23.1 Å². The van der Waals surface area contributed by atoms with Gasteiger partial charge in [0.1, 0.15) is 5.82 Å². The Hall–Kier alpha value is -1.46. The molecule has 5 heteroatoms. The van der Waals surface area contributed by atoms with Crippen LogP contribution in [0.25, 0.3) is 0 Å². The standard InChI is InChI=1S/C18H22FNO3/c19-13-4-2-1-3-12(13)17(5-6-17)16(23)20-9-7-18(8-10-20)14(21)11-15(18)22/h1-4,14-15,21-22H,5-11H2/t14-,15+. The number of likely N-dealkylation sites (tertiary alicyclic amines) is 1. The van der Waals surface area contributed by atoms with Crippen molar-refractivity contribution in [1.82, 2.24) is 4.90 Å². The zero-order valence-electron chi connectivity index (χ0n) is 13.0. The molecule has 1 aromatic rings. The van der Waals surface area contributed by atoms with Crippen LogP contribution in [0.4, 0.5) is 4.39 Å². The number of amides is 1. The smallest absolute Gasteiger partial charge is 0.233 e. The Balaban J connectivity index is 1.50. The lowest BCUT2D eigenvalue weighted by Gasteiger charge is -2.55. The van der Waals surface area contributed by atoms with Gasteiger partial charge in [0, 0.05) is 30.5 Å². The number of aliphatic hydroxyl groups is 2. The first kappa shape index (κ1) is 15.1. The SMILES string of the molecule is O=C(N1CCC2(CC1)[C@H](O)C[C@@H]2O)C1(c2ccccc2F)CC1. The fourth-order valence-corrected chi connectivity index (χ4v) is 4.41. The quantitative estimate of drug-likeness (QED) is 0.870. The van der Waals surface area contributed by atoms with E-state index in [0.717, 1.165) is 0 Å². The fourth-order valence-electron chi connectivity index (χ4n) is 4.41. The van der Waals surface area contributed by atoms with Gasteiger partial charge in [-0.3, -0.25) is 4.79 Å². The van der Waals surface area contributed by atoms with Gasteiger partial charge in [-0.1, -0.05) is 18.2 Å². The highest BCUT2D eigenvalue weighted by atomic mass is 19.1. The molecule has 1 saturated heterocycles. The molecule has 2 atom stereocenters. The second kappa shape index (κ2) is 5.02. The summed E-state index contributed by atoms with van der Waals surface area (Å²) in [6.45, 7) is 1.06. The Labute approximate surface area is 134 Å². The van der Waals surface area contributed by atoms with Crippen molar-refractivity contribution in [3.63, 3.8) is 0 Å². The highest BCUT2D eigenvalue weighted by molar-refractivity contribution is 5.91. The third-order valence-electron chi connectivity index (χ3n) is 6.30. The summed E-state index contributed by atoms with van der Waals surface area (Å²) < 4.78 is 14.1. The molecule has 3 fully saturated rings. The van der Waals surface area contributed by atoms with Crippen LogP contribution in [-0.2, 0) is 10.2 Å². The first-order chi connectivity index (χ1) is 11.0. The number of benzene rings is 1. The topological polar surface area (TPSA) is 60.8 Å². The third-order valence-corrected chi connectivity index (χ3v) is 6.30. The van der Waals surface area contributed by atoms with E-state index in [1.807, 2.05) is 0 Å². The van der Waals surface area contributed by atoms with E-state index in [9.17, 15) is 19.4 Å². The van der Waals surface area contributed by atoms with Gasteiger partial charge in [0.25, 0.3) is 0 Å². The first-order valence-electron chi connectivity index (χ1n) is 8.40. The molecule has 0 radical (unpaired) electrons. The van der Waals surface area contributed by atoms with Crippen molar-refractivity contribution in [3.8, 4) is 0 Å². The predicted octanol–water partition coefficient (Wildman–Crippen LogP) is 1.59. The second-order valence-corrected chi connectivity index (χ2v) is 7.35. The molecular weight excluding hydrogens is 297 g/mol. The van der Waals surface area contributed by atoms with Crippen LogP contribution in [0.2, 0.25) is 0 Å². The van der Waals surface area contributed by atoms with Crippen molar-refractivity contribution in [1.29, 1.82) is 0 Å². The molecule has 124 valence electrons. The number of piperidine rings is 1. The summed E-state index contributed by atoms with van der Waals surface area (Å²) in [5.74, 6) is -0.308. The van der Waals surface area contributed by atoms with Crippen LogP contribution in [0, 0.1) is 11.2 Å². The minimum atomic E-state index is -0.688. The first-order valence-corrected chi connectivity index (χ1v) is 8.40. The number of aliphatic hydroxyl groups excluding tert-OH is 2. The molecule has 0 aromatic heterocycles. The molecule has 23 heavy (non-hydrogen) atoms. The summed E-state index contributed by atoms with van der Waals surface area (Å²) in [6, 6.07) is 6.54. The molecule has 2 aliphatic carbocycles. The van der Waals surface area contributed by atoms with Crippen molar-refractivity contribution < 1.29 is 19.4 Å². The van der Waals surface area contributed by atoms with Gasteiger partial charge in [0.2, 0.25) is 5.91 Å². The van der Waals surface area contributed by atoms with Crippen LogP contribution in [0.5, 0.6) is 0 Å². The van der Waals surface area contributed by atoms with Gasteiger partial charge in [-0.25, -0.2) is 4.39 Å². The number of nitrogens with zero attached hydrogens (tertiary/aromatic N) is 1. The number of halogens is 1. The minimum absolute atomic E-state index is 0.000697. The normalized spacial score (nSPS) is 30.8. The van der Waals surface area contributed by atoms with Gasteiger partial charge in [0.15, 0.2) is 0 Å². The molecular formula is C18H22FNO3. The summed E-state index contributed by atoms with van der Waals surface area (Å²) >= 11 is 0. The molecule has 3 aliphatic rings. The highest BCUT2D eigenvalue weighted by Crippen LogP contribution is 2.53. The third kappa shape index (κ3) is 2.06. The van der Waals surface area contributed by atoms with Crippen molar-refractivity contribution in [2.45, 2.75) is 49.7 Å². The minimum Gasteiger partial charge on any atom is -0.392 e. The molecule has 1 heterocycles. The Morgan fingerprint density at radius 1 is 1.09 bits per heavy atom. The number of carbonyl (C=O) groups excluding carboxylic acids is 1. The predicted molar refractivity (Wildman–Crippen MR) is 82.2 cm³/mol. The number of carbonyl (C=O) groups is 1. The van der Waals surface area contributed by atoms with E-state index in [1.165, 1.54) is 6.07 Å². The molecule has 2 N–H and O–H groups in total. The van der Waals surface area contributed by atoms with Gasteiger partial charge in [-0.2, -0.15) is 0 Å². The highest BCUT2D eigenvalue weighted by Gasteiger charge is 2.58. The molecule has 4 rings (SSSR count). The van der Waals surface area contributed by atoms with Crippen LogP contribution < -0.4 is 0 Å². The zero-order chi connectivity index (χ0) is 16.2. The van der Waals surface area contributed by atoms with Crippen molar-refractivity contribution in [3.05, 3.63) is 35.6 Å². The number of rotatable bonds is 2. The summed E-state index contributed by atoms with van der Waals surface area (Å²) in [5, 5.41) is 20.0. The van der Waals surface area contributed by atoms with Gasteiger partial charge < -0.3 is 15.1 Å². The molecule has 0 unspecified atom stereocenters. The number of hydrogen-bond donors (Lipinski definition) is 2. The maximum atomic E-state index is 14.1. The lowest BCUT2D eigenvalue weighted by molar-refractivity contribution is -0.191. The Morgan fingerprint density at radius 3 is 2.22 bits per heavy atom. The zero-order valence-corrected chi connectivity index (χ0v) is 13.0. The maximum Gasteiger partial charge on any atom is 0.233 e. The van der Waals surface area contributed by atoms with E-state index in [4.69, 9.17) is 0 Å². The fraction of sp³-hybridized carbons (Fsp3) is 0.611. The van der Waals surface area contributed by atoms with Gasteiger partial charge in [-0.05, 0) is 31.7 Å². The van der Waals surface area contributed by atoms with Crippen LogP contribution >= 0.6 is 0 Å². The van der Waals surface area contributed by atoms with Crippen molar-refractivity contribution in [2.24, 2.45) is 5.41 Å². The largest absolute Gasteiger partial charge is 0.392 e. The summed E-state index contributed by atoms with van der Waals surface area (Å²) in [4.78, 5) is 14.7. The Bertz CT molecular complexity index is 625. The molecule has 1 amide bonds. The lowest BCUT2D eigenvalue weighted by atomic mass is 9.58. The van der Waals surface area contributed by atoms with Crippen molar-refractivity contribution in [2.75, 3.05) is 13.1 Å². The lowest BCUT2D eigenvalue weighted by Crippen LogP contribution is -2.62. The van der Waals surface area contributed by atoms with Gasteiger partial charge in [-0.15, -0.1) is 0 Å². The average molecular weight is 319 g/mol. The molecule has 2 saturated carbocycles. The van der Waals surface area contributed by atoms with E-state index < -0.39 is 23.0 Å². The second-order valence-electron chi connectivity index (χ2n) is 7.35. The van der Waals surface area contributed by atoms with E-state index in [-0.39, 0.29) is 11.7 Å². The monoisotopic (exact) mass is 319 g/mol. The van der Waals surface area contributed by atoms with Gasteiger partial charge >= 0.3 is 0 Å². The molecule has 1 aromatic carbocycles. The van der Waals surface area contributed by atoms with Crippen molar-refractivity contribution >= 4 is 5.91 Å². The van der Waals surface area contributed by atoms with Crippen LogP contribution in [0.15, 0.2) is 24.3 Å². The molecule has 4 nitrogen and oxygen atoms in total. The Morgan fingerprint density at radius 2 is 1.70 bits per heavy atom. The molecule has 0 bridgehead atoms.